The van der Waals surface area contributed by atoms with Gasteiger partial charge >= 0.3 is 12.0 Å². The summed E-state index contributed by atoms with van der Waals surface area (Å²) < 4.78 is 10.3. The number of primary amides is 1. The van der Waals surface area contributed by atoms with Gasteiger partial charge in [-0.2, -0.15) is 0 Å². The van der Waals surface area contributed by atoms with E-state index < -0.39 is 48.8 Å². The summed E-state index contributed by atoms with van der Waals surface area (Å²) in [6.45, 7) is -0.571. The van der Waals surface area contributed by atoms with Gasteiger partial charge in [0.1, 0.15) is 18.3 Å². The lowest BCUT2D eigenvalue weighted by Crippen LogP contribution is -2.35. The Kier molecular flexibility index (Phi) is 4.56. The van der Waals surface area contributed by atoms with Gasteiger partial charge in [-0.05, 0) is 6.07 Å². The second kappa shape index (κ2) is 6.23. The van der Waals surface area contributed by atoms with Crippen LogP contribution in [0.4, 0.5) is 4.79 Å². The number of esters is 1. The van der Waals surface area contributed by atoms with Crippen LogP contribution in [-0.2, 0) is 9.47 Å². The summed E-state index contributed by atoms with van der Waals surface area (Å²) in [5.74, 6) is -1.01. The standard InChI is InChI=1S/C12H14N2O8/c13-12(20)14-3-5(1-2-7(14)16)10(19)22-11-9(18)8(17)6(4-15)21-11/h1-3,6,8-9,11,15,17-18H,4H2,(H2,13,20)/t6-,8-,9-,11?/m1/s1. The van der Waals surface area contributed by atoms with Crippen molar-refractivity contribution in [3.05, 3.63) is 34.2 Å². The zero-order valence-corrected chi connectivity index (χ0v) is 11.2. The highest BCUT2D eigenvalue weighted by Gasteiger charge is 2.44. The van der Waals surface area contributed by atoms with E-state index in [1.54, 1.807) is 0 Å². The highest BCUT2D eigenvalue weighted by atomic mass is 16.7. The number of hydrogen-bond acceptors (Lipinski definition) is 8. The summed E-state index contributed by atoms with van der Waals surface area (Å²) in [6, 6.07) is 0.969. The molecule has 10 nitrogen and oxygen atoms in total. The zero-order chi connectivity index (χ0) is 16.4. The lowest BCUT2D eigenvalue weighted by molar-refractivity contribution is -0.139. The van der Waals surface area contributed by atoms with Crippen molar-refractivity contribution >= 4 is 12.0 Å². The summed E-state index contributed by atoms with van der Waals surface area (Å²) in [7, 11) is 0. The van der Waals surface area contributed by atoms with Crippen molar-refractivity contribution in [2.45, 2.75) is 24.6 Å². The topological polar surface area (TPSA) is 161 Å². The van der Waals surface area contributed by atoms with Gasteiger partial charge in [-0.15, -0.1) is 0 Å². The molecule has 1 unspecified atom stereocenters. The molecule has 0 bridgehead atoms. The second-order valence-corrected chi connectivity index (χ2v) is 4.58. The third kappa shape index (κ3) is 2.99. The maximum atomic E-state index is 11.9. The molecule has 1 fully saturated rings. The minimum absolute atomic E-state index is 0.184. The van der Waals surface area contributed by atoms with Crippen molar-refractivity contribution in [1.82, 2.24) is 4.57 Å². The van der Waals surface area contributed by atoms with E-state index in [2.05, 4.69) is 0 Å². The van der Waals surface area contributed by atoms with Crippen LogP contribution in [0, 0.1) is 0 Å². The van der Waals surface area contributed by atoms with Gasteiger partial charge in [0.2, 0.25) is 6.29 Å². The van der Waals surface area contributed by atoms with Crippen LogP contribution in [0.5, 0.6) is 0 Å². The molecule has 0 saturated carbocycles. The summed E-state index contributed by atoms with van der Waals surface area (Å²) in [4.78, 5) is 34.3. The Bertz CT molecular complexity index is 642. The predicted octanol–water partition coefficient (Wildman–Crippen LogP) is -2.63. The molecule has 0 aliphatic carbocycles. The highest BCUT2D eigenvalue weighted by molar-refractivity contribution is 5.90. The lowest BCUT2D eigenvalue weighted by Gasteiger charge is -2.15. The third-order valence-corrected chi connectivity index (χ3v) is 3.11. The van der Waals surface area contributed by atoms with Crippen molar-refractivity contribution in [3.63, 3.8) is 0 Å². The van der Waals surface area contributed by atoms with Gasteiger partial charge in [-0.25, -0.2) is 14.2 Å². The van der Waals surface area contributed by atoms with Crippen LogP contribution in [0.15, 0.2) is 23.1 Å². The van der Waals surface area contributed by atoms with E-state index in [-0.39, 0.29) is 5.56 Å². The number of amides is 1. The first kappa shape index (κ1) is 16.1. The molecule has 0 aromatic carbocycles. The number of nitrogens with two attached hydrogens (primary N) is 1. The summed E-state index contributed by atoms with van der Waals surface area (Å²) in [6.07, 6.45) is -4.65. The van der Waals surface area contributed by atoms with Crippen molar-refractivity contribution in [2.24, 2.45) is 5.73 Å². The summed E-state index contributed by atoms with van der Waals surface area (Å²) >= 11 is 0. The van der Waals surface area contributed by atoms with Gasteiger partial charge in [-0.3, -0.25) is 4.79 Å². The maximum absolute atomic E-state index is 11.9. The van der Waals surface area contributed by atoms with E-state index in [0.717, 1.165) is 18.3 Å². The molecule has 2 rings (SSSR count). The van der Waals surface area contributed by atoms with Crippen LogP contribution in [0.3, 0.4) is 0 Å². The van der Waals surface area contributed by atoms with Crippen LogP contribution in [0.2, 0.25) is 0 Å². The molecule has 0 radical (unpaired) electrons. The fraction of sp³-hybridized carbons (Fsp3) is 0.417. The Morgan fingerprint density at radius 3 is 2.55 bits per heavy atom. The van der Waals surface area contributed by atoms with E-state index in [1.165, 1.54) is 0 Å². The molecular formula is C12H14N2O8. The molecule has 1 aliphatic rings. The largest absolute Gasteiger partial charge is 0.429 e. The first-order valence-electron chi connectivity index (χ1n) is 6.21. The molecule has 1 saturated heterocycles. The maximum Gasteiger partial charge on any atom is 0.342 e. The lowest BCUT2D eigenvalue weighted by atomic mass is 10.1. The second-order valence-electron chi connectivity index (χ2n) is 4.58. The molecule has 120 valence electrons. The van der Waals surface area contributed by atoms with E-state index in [1.807, 2.05) is 0 Å². The molecule has 0 spiro atoms. The van der Waals surface area contributed by atoms with E-state index in [0.29, 0.717) is 4.57 Å². The third-order valence-electron chi connectivity index (χ3n) is 3.11. The van der Waals surface area contributed by atoms with E-state index in [9.17, 15) is 24.6 Å². The summed E-state index contributed by atoms with van der Waals surface area (Å²) in [5, 5.41) is 28.1. The Labute approximate surface area is 123 Å². The quantitative estimate of drug-likeness (QED) is 0.440. The predicted molar refractivity (Wildman–Crippen MR) is 68.9 cm³/mol. The Balaban J connectivity index is 2.15. The minimum atomic E-state index is -1.54. The molecular weight excluding hydrogens is 300 g/mol. The molecule has 1 amide bonds. The molecule has 22 heavy (non-hydrogen) atoms. The number of carbonyl (C=O) groups is 2. The van der Waals surface area contributed by atoms with E-state index >= 15 is 0 Å². The highest BCUT2D eigenvalue weighted by Crippen LogP contribution is 2.22. The minimum Gasteiger partial charge on any atom is -0.429 e. The number of aliphatic hydroxyl groups is 3. The van der Waals surface area contributed by atoms with Gasteiger partial charge in [-0.1, -0.05) is 0 Å². The average molecular weight is 314 g/mol. The van der Waals surface area contributed by atoms with Crippen LogP contribution in [0.1, 0.15) is 10.4 Å². The number of carbonyl (C=O) groups excluding carboxylic acids is 2. The Morgan fingerprint density at radius 2 is 2.00 bits per heavy atom. The number of rotatable bonds is 3. The van der Waals surface area contributed by atoms with Crippen molar-refractivity contribution in [2.75, 3.05) is 6.61 Å². The average Bonchev–Trinajstić information content (AvgIpc) is 2.75. The Hall–Kier alpha value is -2.27. The normalized spacial score (nSPS) is 27.6. The fourth-order valence-electron chi connectivity index (χ4n) is 1.92. The molecule has 2 heterocycles. The number of ether oxygens (including phenoxy) is 2. The van der Waals surface area contributed by atoms with Gasteiger partial charge in [0.15, 0.2) is 0 Å². The van der Waals surface area contributed by atoms with Gasteiger partial charge in [0.25, 0.3) is 5.56 Å². The van der Waals surface area contributed by atoms with Gasteiger partial charge in [0.05, 0.1) is 12.2 Å². The molecule has 1 aliphatic heterocycles. The van der Waals surface area contributed by atoms with Crippen LogP contribution in [-0.4, -0.2) is 63.1 Å². The first-order chi connectivity index (χ1) is 10.3. The number of hydrogen-bond donors (Lipinski definition) is 4. The fourth-order valence-corrected chi connectivity index (χ4v) is 1.92. The zero-order valence-electron chi connectivity index (χ0n) is 11.2. The number of nitrogens with zero attached hydrogens (tertiary/aromatic N) is 1. The molecule has 10 heteroatoms. The molecule has 4 atom stereocenters. The van der Waals surface area contributed by atoms with Gasteiger partial charge in [0, 0.05) is 12.3 Å². The van der Waals surface area contributed by atoms with Crippen LogP contribution in [0.25, 0.3) is 0 Å². The SMILES string of the molecule is NC(=O)n1cc(C(=O)OC2O[C@H](CO)[C@@H](O)[C@H]2O)ccc1=O. The molecule has 5 N–H and O–H groups in total. The van der Waals surface area contributed by atoms with Crippen molar-refractivity contribution in [1.29, 1.82) is 0 Å². The number of pyridine rings is 1. The molecule has 1 aromatic rings. The Morgan fingerprint density at radius 1 is 1.32 bits per heavy atom. The van der Waals surface area contributed by atoms with Gasteiger partial charge < -0.3 is 30.5 Å². The monoisotopic (exact) mass is 314 g/mol. The summed E-state index contributed by atoms with van der Waals surface area (Å²) in [5.41, 5.74) is 4.06. The van der Waals surface area contributed by atoms with Crippen molar-refractivity contribution < 1.29 is 34.4 Å². The van der Waals surface area contributed by atoms with Crippen LogP contribution < -0.4 is 11.3 Å². The van der Waals surface area contributed by atoms with E-state index in [4.69, 9.17) is 20.3 Å². The number of aliphatic hydroxyl groups excluding tert-OH is 3. The smallest absolute Gasteiger partial charge is 0.342 e. The number of aromatic nitrogens is 1. The first-order valence-corrected chi connectivity index (χ1v) is 6.21. The van der Waals surface area contributed by atoms with Crippen molar-refractivity contribution in [3.8, 4) is 0 Å². The van der Waals surface area contributed by atoms with Crippen LogP contribution >= 0.6 is 0 Å². The molecule has 1 aromatic heterocycles.